The van der Waals surface area contributed by atoms with Crippen molar-refractivity contribution in [2.75, 3.05) is 31.6 Å². The van der Waals surface area contributed by atoms with Crippen molar-refractivity contribution in [2.45, 2.75) is 25.8 Å². The molecule has 2 aliphatic rings. The Kier molecular flexibility index (Phi) is 4.17. The summed E-state index contributed by atoms with van der Waals surface area (Å²) < 4.78 is 3.46. The van der Waals surface area contributed by atoms with Gasteiger partial charge in [0.1, 0.15) is 5.39 Å². The molecule has 2 N–H and O–H groups in total. The molecule has 0 amide bonds. The number of hydrogen-bond donors (Lipinski definition) is 2. The Bertz CT molecular complexity index is 1140. The number of anilines is 1. The number of likely N-dealkylation sites (tertiary alicyclic amines) is 1. The largest absolute Gasteiger partial charge is 0.370 e. The number of pyridine rings is 1. The van der Waals surface area contributed by atoms with Crippen LogP contribution < -0.4 is 16.0 Å². The Hall–Kier alpha value is -2.38. The lowest BCUT2D eigenvalue weighted by Crippen LogP contribution is -2.32. The molecule has 2 saturated heterocycles. The van der Waals surface area contributed by atoms with Gasteiger partial charge >= 0.3 is 0 Å². The smallest absolute Gasteiger partial charge is 0.271 e. The highest BCUT2D eigenvalue weighted by molar-refractivity contribution is 7.13. The summed E-state index contributed by atoms with van der Waals surface area (Å²) in [6, 6.07) is 9.13. The van der Waals surface area contributed by atoms with Crippen LogP contribution in [0.15, 0.2) is 33.9 Å². The number of nitrogens with zero attached hydrogens (tertiary/aromatic N) is 2. The molecule has 146 valence electrons. The number of aromatic nitrogens is 2. The highest BCUT2D eigenvalue weighted by Crippen LogP contribution is 2.34. The van der Waals surface area contributed by atoms with Gasteiger partial charge in [-0.25, -0.2) is 0 Å². The summed E-state index contributed by atoms with van der Waals surface area (Å²) in [7, 11) is 2.23. The second-order valence-electron chi connectivity index (χ2n) is 7.95. The van der Waals surface area contributed by atoms with Gasteiger partial charge in [-0.15, -0.1) is 0 Å². The van der Waals surface area contributed by atoms with Crippen LogP contribution in [0.2, 0.25) is 0 Å². The van der Waals surface area contributed by atoms with E-state index in [0.717, 1.165) is 46.9 Å². The lowest BCUT2D eigenvalue weighted by molar-refractivity contribution is 0.310. The van der Waals surface area contributed by atoms with Crippen molar-refractivity contribution >= 4 is 27.3 Å². The number of likely N-dealkylation sites (N-methyl/N-ethyl adjacent to an activating group) is 1. The Morgan fingerprint density at radius 3 is 2.64 bits per heavy atom. The maximum absolute atomic E-state index is 12.5. The number of aromatic amines is 2. The summed E-state index contributed by atoms with van der Waals surface area (Å²) in [5.74, 6) is 0.770. The van der Waals surface area contributed by atoms with Crippen LogP contribution >= 0.6 is 11.5 Å². The number of rotatable bonds is 3. The molecule has 28 heavy (non-hydrogen) atoms. The Labute approximate surface area is 167 Å². The SMILES string of the molecule is CCc1c(-c2ccc(N3CC4CCN(C)C4C3)cc2)[nH]c(=O)c2c(=O)[nH]sc12. The zero-order valence-electron chi connectivity index (χ0n) is 16.1. The summed E-state index contributed by atoms with van der Waals surface area (Å²) >= 11 is 1.25. The predicted octanol–water partition coefficient (Wildman–Crippen LogP) is 2.65. The van der Waals surface area contributed by atoms with Crippen molar-refractivity contribution in [3.8, 4) is 11.3 Å². The van der Waals surface area contributed by atoms with E-state index in [1.807, 2.05) is 0 Å². The molecule has 0 saturated carbocycles. The van der Waals surface area contributed by atoms with E-state index in [0.29, 0.717) is 6.04 Å². The molecule has 1 aromatic carbocycles. The molecule has 2 aromatic heterocycles. The molecule has 4 heterocycles. The minimum atomic E-state index is -0.316. The molecule has 5 rings (SSSR count). The molecule has 2 aliphatic heterocycles. The third kappa shape index (κ3) is 2.64. The maximum atomic E-state index is 12.5. The number of fused-ring (bicyclic) bond motifs is 2. The molecule has 0 bridgehead atoms. The van der Waals surface area contributed by atoms with Crippen LogP contribution in [0.4, 0.5) is 5.69 Å². The van der Waals surface area contributed by atoms with E-state index in [9.17, 15) is 9.59 Å². The summed E-state index contributed by atoms with van der Waals surface area (Å²) in [6.07, 6.45) is 2.04. The molecular weight excluding hydrogens is 372 g/mol. The molecule has 2 fully saturated rings. The third-order valence-electron chi connectivity index (χ3n) is 6.44. The fraction of sp³-hybridized carbons (Fsp3) is 0.429. The average molecular weight is 397 g/mol. The quantitative estimate of drug-likeness (QED) is 0.714. The van der Waals surface area contributed by atoms with E-state index < -0.39 is 0 Å². The van der Waals surface area contributed by atoms with Gasteiger partial charge in [-0.2, -0.15) is 0 Å². The van der Waals surface area contributed by atoms with Gasteiger partial charge in [0.2, 0.25) is 0 Å². The van der Waals surface area contributed by atoms with Gasteiger partial charge in [0.05, 0.1) is 10.4 Å². The zero-order valence-corrected chi connectivity index (χ0v) is 16.9. The number of H-pyrrole nitrogens is 2. The first-order valence-corrected chi connectivity index (χ1v) is 10.7. The first-order chi connectivity index (χ1) is 13.6. The average Bonchev–Trinajstić information content (AvgIpc) is 3.39. The molecule has 0 aliphatic carbocycles. The first-order valence-electron chi connectivity index (χ1n) is 9.88. The number of benzene rings is 1. The van der Waals surface area contributed by atoms with Crippen LogP contribution in [-0.2, 0) is 6.42 Å². The first kappa shape index (κ1) is 17.7. The molecule has 2 atom stereocenters. The van der Waals surface area contributed by atoms with Gasteiger partial charge in [-0.3, -0.25) is 14.0 Å². The summed E-state index contributed by atoms with van der Waals surface area (Å²) in [5.41, 5.74) is 3.44. The molecule has 2 unspecified atom stereocenters. The monoisotopic (exact) mass is 396 g/mol. The second kappa shape index (κ2) is 6.60. The van der Waals surface area contributed by atoms with Gasteiger partial charge in [0, 0.05) is 24.8 Å². The molecule has 7 heteroatoms. The van der Waals surface area contributed by atoms with Crippen LogP contribution in [0.5, 0.6) is 0 Å². The standard InChI is InChI=1S/C21H24N4O2S/c1-3-15-18(22-20(26)17-19(15)28-23-21(17)27)12-4-6-14(7-5-12)25-10-13-8-9-24(2)16(13)11-25/h4-7,13,16H,3,8-11H2,1-2H3,(H,22,26)(H,23,27). The van der Waals surface area contributed by atoms with E-state index in [1.54, 1.807) is 0 Å². The highest BCUT2D eigenvalue weighted by Gasteiger charge is 2.39. The summed E-state index contributed by atoms with van der Waals surface area (Å²) in [6.45, 7) is 5.47. The summed E-state index contributed by atoms with van der Waals surface area (Å²) in [5, 5.41) is 0.245. The highest BCUT2D eigenvalue weighted by atomic mass is 32.1. The van der Waals surface area contributed by atoms with Crippen LogP contribution in [0, 0.1) is 5.92 Å². The second-order valence-corrected chi connectivity index (χ2v) is 8.76. The molecule has 0 radical (unpaired) electrons. The van der Waals surface area contributed by atoms with E-state index in [-0.39, 0.29) is 16.5 Å². The molecule has 3 aromatic rings. The lowest BCUT2D eigenvalue weighted by atomic mass is 10.0. The Morgan fingerprint density at radius 1 is 1.14 bits per heavy atom. The van der Waals surface area contributed by atoms with Crippen molar-refractivity contribution in [1.82, 2.24) is 14.3 Å². The number of nitrogens with one attached hydrogen (secondary N) is 2. The van der Waals surface area contributed by atoms with Crippen LogP contribution in [0.1, 0.15) is 18.9 Å². The molecular formula is C21H24N4O2S. The molecule has 6 nitrogen and oxygen atoms in total. The van der Waals surface area contributed by atoms with Gasteiger partial charge in [-0.05, 0) is 55.6 Å². The Morgan fingerprint density at radius 2 is 1.93 bits per heavy atom. The van der Waals surface area contributed by atoms with E-state index in [4.69, 9.17) is 0 Å². The number of hydrogen-bond acceptors (Lipinski definition) is 5. The minimum Gasteiger partial charge on any atom is -0.370 e. The topological polar surface area (TPSA) is 72.2 Å². The third-order valence-corrected chi connectivity index (χ3v) is 7.38. The van der Waals surface area contributed by atoms with Crippen LogP contribution in [0.25, 0.3) is 21.3 Å². The Balaban J connectivity index is 1.50. The van der Waals surface area contributed by atoms with Crippen molar-refractivity contribution < 1.29 is 0 Å². The number of aryl methyl sites for hydroxylation is 1. The van der Waals surface area contributed by atoms with E-state index >= 15 is 0 Å². The van der Waals surface area contributed by atoms with Gasteiger partial charge in [-0.1, -0.05) is 30.6 Å². The van der Waals surface area contributed by atoms with Gasteiger partial charge in [0.25, 0.3) is 11.1 Å². The fourth-order valence-electron chi connectivity index (χ4n) is 4.89. The maximum Gasteiger partial charge on any atom is 0.271 e. The molecule has 0 spiro atoms. The summed E-state index contributed by atoms with van der Waals surface area (Å²) in [4.78, 5) is 32.3. The van der Waals surface area contributed by atoms with Crippen LogP contribution in [-0.4, -0.2) is 47.0 Å². The lowest BCUT2D eigenvalue weighted by Gasteiger charge is -2.22. The van der Waals surface area contributed by atoms with E-state index in [1.165, 1.54) is 30.2 Å². The van der Waals surface area contributed by atoms with Gasteiger partial charge < -0.3 is 14.8 Å². The van der Waals surface area contributed by atoms with Crippen molar-refractivity contribution in [3.05, 3.63) is 50.5 Å². The van der Waals surface area contributed by atoms with Crippen LogP contribution in [0.3, 0.4) is 0 Å². The van der Waals surface area contributed by atoms with Gasteiger partial charge in [0.15, 0.2) is 0 Å². The fourth-order valence-corrected chi connectivity index (χ4v) is 5.85. The normalized spacial score (nSPS) is 22.3. The van der Waals surface area contributed by atoms with Crippen molar-refractivity contribution in [2.24, 2.45) is 5.92 Å². The predicted molar refractivity (Wildman–Crippen MR) is 115 cm³/mol. The zero-order chi connectivity index (χ0) is 19.4. The van der Waals surface area contributed by atoms with E-state index in [2.05, 4.69) is 57.4 Å². The minimum absolute atomic E-state index is 0.245. The van der Waals surface area contributed by atoms with Crippen molar-refractivity contribution in [1.29, 1.82) is 0 Å². The van der Waals surface area contributed by atoms with Crippen molar-refractivity contribution in [3.63, 3.8) is 0 Å².